The van der Waals surface area contributed by atoms with Crippen molar-refractivity contribution in [1.82, 2.24) is 0 Å². The molecule has 0 atom stereocenters. The number of benzene rings is 20. The molecule has 22 aromatic rings. The Balaban J connectivity index is 0.716. The summed E-state index contributed by atoms with van der Waals surface area (Å²) in [7, 11) is 0. The van der Waals surface area contributed by atoms with Crippen LogP contribution >= 0.6 is 0 Å². The van der Waals surface area contributed by atoms with E-state index in [1.807, 2.05) is 0 Å². The number of para-hydroxylation sites is 4. The van der Waals surface area contributed by atoms with Gasteiger partial charge in [0, 0.05) is 110 Å². The van der Waals surface area contributed by atoms with Gasteiger partial charge in [-0.2, -0.15) is 0 Å². The number of anilines is 12. The van der Waals surface area contributed by atoms with E-state index in [-0.39, 0.29) is 0 Å². The first-order valence-electron chi connectivity index (χ1n) is 41.9. The minimum atomic E-state index is 0.818. The lowest BCUT2D eigenvalue weighted by Gasteiger charge is -2.29. The molecular formula is C116H82N4O2. The van der Waals surface area contributed by atoms with Gasteiger partial charge in [0.2, 0.25) is 0 Å². The molecule has 0 fully saturated rings. The monoisotopic (exact) mass is 1560 g/mol. The predicted molar refractivity (Wildman–Crippen MR) is 516 cm³/mol. The van der Waals surface area contributed by atoms with Crippen LogP contribution in [0.1, 0.15) is 22.3 Å². The van der Waals surface area contributed by atoms with Crippen LogP contribution in [0.15, 0.2) is 433 Å². The standard InChI is InChI=1S/C116H82N4O2/c1-75-31-14-24-53-105(75)117(89-62-57-82(58-63-89)79-35-8-5-9-36-79)109-71-103-104-74-112(118(106-54-25-15-32-76(106)2)90-64-59-83(60-65-90)80-37-10-6-11-38-80)96-66-61-88(70-100(96)116(104)122-115(103)97-50-21-18-47-93(97)109)85-42-28-41-84(67-85)87-44-30-46-92(69-87)120(108-56-27-17-34-78(108)4)111-73-102-101-72-110(94-48-19-22-51-98(94)113(101)121-114(102)99-52-23-20-49-95(99)111)119(107-55-26-16-33-77(107)3)91-45-29-43-86(68-91)81-39-12-7-13-40-81/h5-74H,1-4H3. The molecule has 0 unspecified atom stereocenters. The van der Waals surface area contributed by atoms with Crippen LogP contribution in [0.2, 0.25) is 0 Å². The molecule has 20 aromatic carbocycles. The van der Waals surface area contributed by atoms with E-state index in [1.54, 1.807) is 0 Å². The highest BCUT2D eigenvalue weighted by molar-refractivity contribution is 6.28. The summed E-state index contributed by atoms with van der Waals surface area (Å²) in [5, 5.41) is 12.5. The summed E-state index contributed by atoms with van der Waals surface area (Å²) in [4.78, 5) is 9.81. The molecule has 0 aliphatic carbocycles. The van der Waals surface area contributed by atoms with E-state index in [1.165, 1.54) is 16.7 Å². The normalized spacial score (nSPS) is 11.6. The molecule has 0 spiro atoms. The molecule has 2 aromatic heterocycles. The Kier molecular flexibility index (Phi) is 18.1. The molecule has 2 heterocycles. The number of hydrogen-bond donors (Lipinski definition) is 0. The zero-order valence-electron chi connectivity index (χ0n) is 68.0. The highest BCUT2D eigenvalue weighted by Crippen LogP contribution is 2.54. The molecular weight excluding hydrogens is 1480 g/mol. The van der Waals surface area contributed by atoms with Gasteiger partial charge in [-0.25, -0.2) is 0 Å². The van der Waals surface area contributed by atoms with Gasteiger partial charge in [-0.3, -0.25) is 0 Å². The van der Waals surface area contributed by atoms with Gasteiger partial charge < -0.3 is 28.4 Å². The van der Waals surface area contributed by atoms with Crippen molar-refractivity contribution < 1.29 is 8.83 Å². The minimum Gasteiger partial charge on any atom is -0.455 e. The highest BCUT2D eigenvalue weighted by atomic mass is 16.3. The largest absolute Gasteiger partial charge is 0.455 e. The van der Waals surface area contributed by atoms with Crippen molar-refractivity contribution in [3.8, 4) is 55.6 Å². The molecule has 0 radical (unpaired) electrons. The number of aryl methyl sites for hydroxylation is 4. The molecule has 0 amide bonds. The van der Waals surface area contributed by atoms with Crippen molar-refractivity contribution in [2.45, 2.75) is 27.7 Å². The van der Waals surface area contributed by atoms with E-state index >= 15 is 0 Å². The molecule has 0 saturated carbocycles. The van der Waals surface area contributed by atoms with Gasteiger partial charge in [-0.15, -0.1) is 0 Å². The van der Waals surface area contributed by atoms with Gasteiger partial charge in [0.15, 0.2) is 0 Å². The average Bonchev–Trinajstić information content (AvgIpc) is 1.59. The summed E-state index contributed by atoms with van der Waals surface area (Å²) in [6, 6.07) is 155. The highest BCUT2D eigenvalue weighted by Gasteiger charge is 2.30. The first kappa shape index (κ1) is 72.7. The second kappa shape index (κ2) is 30.3. The van der Waals surface area contributed by atoms with Crippen molar-refractivity contribution in [1.29, 1.82) is 0 Å². The van der Waals surface area contributed by atoms with Gasteiger partial charge in [-0.1, -0.05) is 315 Å². The molecule has 0 aliphatic heterocycles. The van der Waals surface area contributed by atoms with Gasteiger partial charge in [0.25, 0.3) is 0 Å². The van der Waals surface area contributed by atoms with Crippen LogP contribution in [0.25, 0.3) is 143 Å². The van der Waals surface area contributed by atoms with Gasteiger partial charge in [0.1, 0.15) is 22.3 Å². The second-order valence-corrected chi connectivity index (χ2v) is 32.1. The Labute approximate surface area is 709 Å². The van der Waals surface area contributed by atoms with Gasteiger partial charge in [0.05, 0.1) is 22.7 Å². The van der Waals surface area contributed by atoms with Crippen LogP contribution in [-0.2, 0) is 0 Å². The molecule has 0 N–H and O–H groups in total. The lowest BCUT2D eigenvalue weighted by molar-refractivity contribution is 0.676. The molecule has 6 heteroatoms. The Bertz CT molecular complexity index is 7820. The maximum Gasteiger partial charge on any atom is 0.143 e. The number of fused-ring (bicyclic) bond motifs is 14. The molecule has 0 saturated heterocycles. The zero-order valence-corrected chi connectivity index (χ0v) is 68.0. The summed E-state index contributed by atoms with van der Waals surface area (Å²) in [5.74, 6) is 0. The summed E-state index contributed by atoms with van der Waals surface area (Å²) in [6.45, 7) is 8.85. The van der Waals surface area contributed by atoms with E-state index in [2.05, 4.69) is 472 Å². The third-order valence-electron chi connectivity index (χ3n) is 24.7. The predicted octanol–water partition coefficient (Wildman–Crippen LogP) is 33.5. The zero-order chi connectivity index (χ0) is 81.5. The first-order valence-corrected chi connectivity index (χ1v) is 41.9. The fourth-order valence-electron chi connectivity index (χ4n) is 18.6. The molecule has 122 heavy (non-hydrogen) atoms. The van der Waals surface area contributed by atoms with Crippen LogP contribution in [0.3, 0.4) is 0 Å². The molecule has 578 valence electrons. The van der Waals surface area contributed by atoms with E-state index in [4.69, 9.17) is 8.83 Å². The summed E-state index contributed by atoms with van der Waals surface area (Å²) >= 11 is 0. The Hall–Kier alpha value is -15.8. The van der Waals surface area contributed by atoms with Crippen molar-refractivity contribution >= 4 is 155 Å². The van der Waals surface area contributed by atoms with Crippen molar-refractivity contribution in [3.05, 3.63) is 447 Å². The molecule has 22 rings (SSSR count). The van der Waals surface area contributed by atoms with Crippen molar-refractivity contribution in [2.24, 2.45) is 0 Å². The first-order chi connectivity index (χ1) is 60.2. The van der Waals surface area contributed by atoms with Crippen LogP contribution in [0, 0.1) is 27.7 Å². The lowest BCUT2D eigenvalue weighted by atomic mass is 9.94. The summed E-state index contributed by atoms with van der Waals surface area (Å²) in [5.41, 5.74) is 31.9. The molecule has 6 nitrogen and oxygen atoms in total. The third-order valence-corrected chi connectivity index (χ3v) is 24.7. The Morgan fingerprint density at radius 3 is 0.721 bits per heavy atom. The van der Waals surface area contributed by atoms with E-state index in [0.29, 0.717) is 0 Å². The molecule has 0 aliphatic rings. The lowest BCUT2D eigenvalue weighted by Crippen LogP contribution is -2.12. The van der Waals surface area contributed by atoms with E-state index < -0.39 is 0 Å². The third kappa shape index (κ3) is 12.7. The Morgan fingerprint density at radius 1 is 0.139 bits per heavy atom. The SMILES string of the molecule is Cc1ccccc1N(c1cccc(-c2ccccc2)c1)c1cc2c3cc(N(c4cccc(-c5cccc(-c6ccc7c(N(c8ccc(-c9ccccc9)cc8)c8ccccc8C)cc8c9cc(N(c%10ccc(-c%11ccccc%11)cc%10)c%10ccccc%10C)c%10ccccc%10c9oc8c7c6)c5)c4)c4ccccc4C)c4ccccc4c3oc2c2ccccc12. The smallest absolute Gasteiger partial charge is 0.143 e. The van der Waals surface area contributed by atoms with Crippen LogP contribution in [0.5, 0.6) is 0 Å². The maximum atomic E-state index is 7.65. The number of hydrogen-bond acceptors (Lipinski definition) is 6. The topological polar surface area (TPSA) is 39.2 Å². The fourth-order valence-corrected chi connectivity index (χ4v) is 18.6. The minimum absolute atomic E-state index is 0.818. The van der Waals surface area contributed by atoms with Crippen LogP contribution in [0.4, 0.5) is 68.2 Å². The summed E-state index contributed by atoms with van der Waals surface area (Å²) < 4.78 is 15.0. The quantitative estimate of drug-likeness (QED) is 0.0905. The van der Waals surface area contributed by atoms with Crippen molar-refractivity contribution in [2.75, 3.05) is 19.6 Å². The second-order valence-electron chi connectivity index (χ2n) is 32.1. The average molecular weight is 1560 g/mol. The summed E-state index contributed by atoms with van der Waals surface area (Å²) in [6.07, 6.45) is 0. The number of rotatable bonds is 17. The number of furan rings is 2. The van der Waals surface area contributed by atoms with E-state index in [9.17, 15) is 0 Å². The number of nitrogens with zero attached hydrogens (tertiary/aromatic N) is 4. The van der Waals surface area contributed by atoms with E-state index in [0.717, 1.165) is 216 Å². The maximum absolute atomic E-state index is 7.65. The molecule has 0 bridgehead atoms. The Morgan fingerprint density at radius 2 is 0.369 bits per heavy atom. The van der Waals surface area contributed by atoms with Crippen molar-refractivity contribution in [3.63, 3.8) is 0 Å². The fraction of sp³-hybridized carbons (Fsp3) is 0.0345. The van der Waals surface area contributed by atoms with Crippen LogP contribution in [-0.4, -0.2) is 0 Å². The van der Waals surface area contributed by atoms with Gasteiger partial charge in [-0.05, 0) is 215 Å². The van der Waals surface area contributed by atoms with Gasteiger partial charge >= 0.3 is 0 Å². The van der Waals surface area contributed by atoms with Crippen LogP contribution < -0.4 is 19.6 Å².